The van der Waals surface area contributed by atoms with E-state index in [0.29, 0.717) is 18.0 Å². The number of hydrogen-bond donors (Lipinski definition) is 1. The zero-order valence-electron chi connectivity index (χ0n) is 19.6. The van der Waals surface area contributed by atoms with Crippen molar-refractivity contribution in [1.82, 2.24) is 14.7 Å². The van der Waals surface area contributed by atoms with Crippen LogP contribution in [0.1, 0.15) is 35.4 Å². The van der Waals surface area contributed by atoms with E-state index in [4.69, 9.17) is 9.84 Å². The topological polar surface area (TPSA) is 76.5 Å². The fourth-order valence-corrected chi connectivity index (χ4v) is 3.77. The van der Waals surface area contributed by atoms with Crippen molar-refractivity contribution in [2.75, 3.05) is 19.0 Å². The molecule has 1 N–H and O–H groups in total. The van der Waals surface area contributed by atoms with E-state index in [9.17, 15) is 9.59 Å². The Labute approximate surface area is 194 Å². The van der Waals surface area contributed by atoms with E-state index in [2.05, 4.69) is 18.3 Å². The molecular weight excluding hydrogens is 416 g/mol. The summed E-state index contributed by atoms with van der Waals surface area (Å²) in [5.74, 6) is 0.585. The average Bonchev–Trinajstić information content (AvgIpc) is 3.61. The molecule has 1 fully saturated rings. The minimum atomic E-state index is -0.134. The van der Waals surface area contributed by atoms with Gasteiger partial charge in [-0.2, -0.15) is 5.10 Å². The molecular formula is C26H30N4O3. The SMILES string of the molecule is Cc1ccccc1-n1nc(C)c(CN(C)C(=O)COc2cccc(NC(=O)C3CC3)c2)c1C. The fraction of sp³-hybridized carbons (Fsp3) is 0.346. The van der Waals surface area contributed by atoms with E-state index in [0.717, 1.165) is 41.0 Å². The molecule has 4 rings (SSSR count). The van der Waals surface area contributed by atoms with Gasteiger partial charge in [0.1, 0.15) is 5.75 Å². The zero-order chi connectivity index (χ0) is 23.5. The third-order valence-electron chi connectivity index (χ3n) is 6.02. The molecule has 172 valence electrons. The van der Waals surface area contributed by atoms with E-state index in [-0.39, 0.29) is 24.3 Å². The molecule has 0 atom stereocenters. The first-order chi connectivity index (χ1) is 15.8. The third kappa shape index (κ3) is 5.25. The molecule has 0 bridgehead atoms. The molecule has 1 aliphatic carbocycles. The van der Waals surface area contributed by atoms with Crippen molar-refractivity contribution in [1.29, 1.82) is 0 Å². The van der Waals surface area contributed by atoms with Gasteiger partial charge in [-0.25, -0.2) is 4.68 Å². The van der Waals surface area contributed by atoms with E-state index >= 15 is 0 Å². The highest BCUT2D eigenvalue weighted by Crippen LogP contribution is 2.30. The lowest BCUT2D eigenvalue weighted by Gasteiger charge is -2.18. The maximum absolute atomic E-state index is 12.7. The number of hydrogen-bond acceptors (Lipinski definition) is 4. The molecule has 1 heterocycles. The monoisotopic (exact) mass is 446 g/mol. The van der Waals surface area contributed by atoms with Gasteiger partial charge in [0.05, 0.1) is 11.4 Å². The molecule has 7 nitrogen and oxygen atoms in total. The molecule has 0 spiro atoms. The summed E-state index contributed by atoms with van der Waals surface area (Å²) in [4.78, 5) is 26.4. The van der Waals surface area contributed by atoms with Gasteiger partial charge in [0.2, 0.25) is 5.91 Å². The predicted octanol–water partition coefficient (Wildman–Crippen LogP) is 4.18. The highest BCUT2D eigenvalue weighted by molar-refractivity contribution is 5.94. The smallest absolute Gasteiger partial charge is 0.260 e. The molecule has 1 aliphatic rings. The van der Waals surface area contributed by atoms with Crippen LogP contribution in [0.25, 0.3) is 5.69 Å². The van der Waals surface area contributed by atoms with Crippen LogP contribution in [-0.2, 0) is 16.1 Å². The van der Waals surface area contributed by atoms with Crippen LogP contribution in [0.5, 0.6) is 5.75 Å². The maximum atomic E-state index is 12.7. The zero-order valence-corrected chi connectivity index (χ0v) is 19.6. The Hall–Kier alpha value is -3.61. The second-order valence-electron chi connectivity index (χ2n) is 8.68. The number of ether oxygens (including phenoxy) is 1. The number of rotatable bonds is 8. The van der Waals surface area contributed by atoms with Gasteiger partial charge in [0.15, 0.2) is 6.61 Å². The molecule has 2 aromatic carbocycles. The first kappa shape index (κ1) is 22.6. The summed E-state index contributed by atoms with van der Waals surface area (Å²) in [6, 6.07) is 15.3. The molecule has 1 saturated carbocycles. The van der Waals surface area contributed by atoms with Crippen molar-refractivity contribution in [3.8, 4) is 11.4 Å². The molecule has 33 heavy (non-hydrogen) atoms. The average molecular weight is 447 g/mol. The fourth-order valence-electron chi connectivity index (χ4n) is 3.77. The number of likely N-dealkylation sites (N-methyl/N-ethyl adjacent to an activating group) is 1. The largest absolute Gasteiger partial charge is 0.484 e. The quantitative estimate of drug-likeness (QED) is 0.563. The van der Waals surface area contributed by atoms with Gasteiger partial charge in [0, 0.05) is 42.5 Å². The lowest BCUT2D eigenvalue weighted by Crippen LogP contribution is -2.31. The highest BCUT2D eigenvalue weighted by Gasteiger charge is 2.29. The van der Waals surface area contributed by atoms with E-state index in [1.54, 1.807) is 30.1 Å². The van der Waals surface area contributed by atoms with Crippen LogP contribution in [0.4, 0.5) is 5.69 Å². The van der Waals surface area contributed by atoms with Gasteiger partial charge in [-0.3, -0.25) is 9.59 Å². The van der Waals surface area contributed by atoms with Gasteiger partial charge in [-0.15, -0.1) is 0 Å². The number of anilines is 1. The molecule has 0 saturated heterocycles. The van der Waals surface area contributed by atoms with Crippen LogP contribution in [0.2, 0.25) is 0 Å². The van der Waals surface area contributed by atoms with Crippen molar-refractivity contribution in [3.05, 3.63) is 71.0 Å². The Morgan fingerprint density at radius 1 is 1.12 bits per heavy atom. The second-order valence-corrected chi connectivity index (χ2v) is 8.68. The molecule has 7 heteroatoms. The summed E-state index contributed by atoms with van der Waals surface area (Å²) in [5, 5.41) is 7.61. The van der Waals surface area contributed by atoms with Gasteiger partial charge in [-0.1, -0.05) is 24.3 Å². The summed E-state index contributed by atoms with van der Waals surface area (Å²) in [6.07, 6.45) is 1.90. The molecule has 0 radical (unpaired) electrons. The van der Waals surface area contributed by atoms with Gasteiger partial charge in [-0.05, 0) is 57.4 Å². The third-order valence-corrected chi connectivity index (χ3v) is 6.02. The van der Waals surface area contributed by atoms with Crippen LogP contribution in [0.15, 0.2) is 48.5 Å². The van der Waals surface area contributed by atoms with Crippen molar-refractivity contribution in [2.24, 2.45) is 5.92 Å². The normalized spacial score (nSPS) is 13.0. The van der Waals surface area contributed by atoms with Gasteiger partial charge < -0.3 is 15.0 Å². The summed E-state index contributed by atoms with van der Waals surface area (Å²) in [7, 11) is 1.77. The summed E-state index contributed by atoms with van der Waals surface area (Å²) in [6.45, 7) is 6.42. The van der Waals surface area contributed by atoms with Gasteiger partial charge >= 0.3 is 0 Å². The number of benzene rings is 2. The Balaban J connectivity index is 1.37. The number of carbonyl (C=O) groups is 2. The Morgan fingerprint density at radius 3 is 2.61 bits per heavy atom. The number of para-hydroxylation sites is 1. The van der Waals surface area contributed by atoms with Crippen molar-refractivity contribution < 1.29 is 14.3 Å². The maximum Gasteiger partial charge on any atom is 0.260 e. The van der Waals surface area contributed by atoms with Crippen LogP contribution < -0.4 is 10.1 Å². The standard InChI is InChI=1S/C26H30N4O3/c1-17-8-5-6-11-24(17)30-19(3)23(18(2)28-30)15-29(4)25(31)16-33-22-10-7-9-21(14-22)27-26(32)20-12-13-20/h5-11,14,20H,12-13,15-16H2,1-4H3,(H,27,32). The number of aromatic nitrogens is 2. The molecule has 0 aliphatic heterocycles. The first-order valence-corrected chi connectivity index (χ1v) is 11.2. The second kappa shape index (κ2) is 9.48. The molecule has 2 amide bonds. The van der Waals surface area contributed by atoms with Crippen molar-refractivity contribution >= 4 is 17.5 Å². The number of aryl methyl sites for hydroxylation is 2. The number of nitrogens with zero attached hydrogens (tertiary/aromatic N) is 3. The minimum Gasteiger partial charge on any atom is -0.484 e. The lowest BCUT2D eigenvalue weighted by molar-refractivity contribution is -0.132. The first-order valence-electron chi connectivity index (χ1n) is 11.2. The summed E-state index contributed by atoms with van der Waals surface area (Å²) < 4.78 is 7.65. The van der Waals surface area contributed by atoms with E-state index in [1.807, 2.05) is 42.8 Å². The lowest BCUT2D eigenvalue weighted by atomic mass is 10.1. The van der Waals surface area contributed by atoms with Crippen LogP contribution in [-0.4, -0.2) is 40.1 Å². The number of carbonyl (C=O) groups excluding carboxylic acids is 2. The van der Waals surface area contributed by atoms with E-state index in [1.165, 1.54) is 0 Å². The van der Waals surface area contributed by atoms with Crippen molar-refractivity contribution in [3.63, 3.8) is 0 Å². The summed E-state index contributed by atoms with van der Waals surface area (Å²) in [5.41, 5.74) is 5.80. The van der Waals surface area contributed by atoms with Crippen LogP contribution in [0.3, 0.4) is 0 Å². The molecule has 0 unspecified atom stereocenters. The number of amides is 2. The van der Waals surface area contributed by atoms with Crippen molar-refractivity contribution in [2.45, 2.75) is 40.2 Å². The Kier molecular flexibility index (Phi) is 6.49. The van der Waals surface area contributed by atoms with Crippen LogP contribution >= 0.6 is 0 Å². The van der Waals surface area contributed by atoms with Crippen LogP contribution in [0, 0.1) is 26.7 Å². The predicted molar refractivity (Wildman–Crippen MR) is 128 cm³/mol. The van der Waals surface area contributed by atoms with Gasteiger partial charge in [0.25, 0.3) is 5.91 Å². The molecule has 3 aromatic rings. The highest BCUT2D eigenvalue weighted by atomic mass is 16.5. The summed E-state index contributed by atoms with van der Waals surface area (Å²) >= 11 is 0. The Bertz CT molecular complexity index is 1180. The number of nitrogens with one attached hydrogen (secondary N) is 1. The Morgan fingerprint density at radius 2 is 1.88 bits per heavy atom. The minimum absolute atomic E-state index is 0.0416. The molecule has 1 aromatic heterocycles. The van der Waals surface area contributed by atoms with E-state index < -0.39 is 0 Å².